The van der Waals surface area contributed by atoms with Crippen molar-refractivity contribution in [1.29, 1.82) is 0 Å². The zero-order chi connectivity index (χ0) is 17.8. The molecule has 1 aliphatic heterocycles. The van der Waals surface area contributed by atoms with Crippen LogP contribution >= 0.6 is 11.6 Å². The van der Waals surface area contributed by atoms with E-state index < -0.39 is 0 Å². The summed E-state index contributed by atoms with van der Waals surface area (Å²) in [5.74, 6) is 0.284. The SMILES string of the molecule is CCNC(=O)NC1=Nc2ccccc2N=C(C)[C@H]1c1ccc(Cl)cc1. The van der Waals surface area contributed by atoms with Crippen LogP contribution in [0, 0.1) is 0 Å². The molecule has 1 atom stereocenters. The summed E-state index contributed by atoms with van der Waals surface area (Å²) >= 11 is 6.01. The second kappa shape index (κ2) is 7.49. The number of nitrogens with one attached hydrogen (secondary N) is 2. The van der Waals surface area contributed by atoms with Crippen LogP contribution in [0.5, 0.6) is 0 Å². The van der Waals surface area contributed by atoms with Gasteiger partial charge in [-0.05, 0) is 43.7 Å². The van der Waals surface area contributed by atoms with E-state index in [1.807, 2.05) is 62.4 Å². The highest BCUT2D eigenvalue weighted by molar-refractivity contribution is 6.30. The van der Waals surface area contributed by atoms with Crippen molar-refractivity contribution in [1.82, 2.24) is 10.6 Å². The van der Waals surface area contributed by atoms with E-state index >= 15 is 0 Å². The van der Waals surface area contributed by atoms with Gasteiger partial charge in [0.25, 0.3) is 0 Å². The first-order chi connectivity index (χ1) is 12.1. The Bertz CT molecular complexity index is 843. The number of nitrogens with zero attached hydrogens (tertiary/aromatic N) is 2. The summed E-state index contributed by atoms with van der Waals surface area (Å²) in [5.41, 5.74) is 3.33. The number of carbonyl (C=O) groups excluding carboxylic acids is 1. The normalized spacial score (nSPS) is 16.2. The molecule has 0 aromatic heterocycles. The summed E-state index contributed by atoms with van der Waals surface area (Å²) in [5, 5.41) is 6.28. The van der Waals surface area contributed by atoms with Gasteiger partial charge in [0.05, 0.1) is 17.3 Å². The fraction of sp³-hybridized carbons (Fsp3) is 0.211. The third kappa shape index (κ3) is 3.88. The average Bonchev–Trinajstić information content (AvgIpc) is 2.71. The first-order valence-electron chi connectivity index (χ1n) is 8.11. The lowest BCUT2D eigenvalue weighted by molar-refractivity contribution is 0.245. The number of aliphatic imine (C=N–C) groups is 2. The lowest BCUT2D eigenvalue weighted by Gasteiger charge is -2.19. The predicted molar refractivity (Wildman–Crippen MR) is 103 cm³/mol. The topological polar surface area (TPSA) is 65.8 Å². The lowest BCUT2D eigenvalue weighted by atomic mass is 9.93. The molecule has 5 nitrogen and oxygen atoms in total. The number of carbonyl (C=O) groups is 1. The molecule has 1 aliphatic rings. The van der Waals surface area contributed by atoms with E-state index in [4.69, 9.17) is 16.6 Å². The van der Waals surface area contributed by atoms with Crippen molar-refractivity contribution in [2.24, 2.45) is 9.98 Å². The molecule has 0 unspecified atom stereocenters. The summed E-state index contributed by atoms with van der Waals surface area (Å²) in [6, 6.07) is 14.8. The van der Waals surface area contributed by atoms with Crippen molar-refractivity contribution in [3.05, 3.63) is 59.1 Å². The van der Waals surface area contributed by atoms with Crippen LogP contribution in [-0.2, 0) is 0 Å². The number of benzene rings is 2. The van der Waals surface area contributed by atoms with Crippen LogP contribution in [0.3, 0.4) is 0 Å². The van der Waals surface area contributed by atoms with Crippen molar-refractivity contribution >= 4 is 40.6 Å². The number of halogens is 1. The summed E-state index contributed by atoms with van der Waals surface area (Å²) in [7, 11) is 0. The minimum absolute atomic E-state index is 0.257. The van der Waals surface area contributed by atoms with Crippen molar-refractivity contribution in [2.75, 3.05) is 6.54 Å². The van der Waals surface area contributed by atoms with E-state index in [-0.39, 0.29) is 11.9 Å². The van der Waals surface area contributed by atoms with Gasteiger partial charge in [0.2, 0.25) is 0 Å². The monoisotopic (exact) mass is 354 g/mol. The van der Waals surface area contributed by atoms with E-state index in [1.165, 1.54) is 0 Å². The molecule has 3 rings (SSSR count). The second-order valence-electron chi connectivity index (χ2n) is 5.71. The molecule has 0 radical (unpaired) electrons. The zero-order valence-corrected chi connectivity index (χ0v) is 14.8. The maximum absolute atomic E-state index is 12.1. The molecule has 0 saturated carbocycles. The van der Waals surface area contributed by atoms with Gasteiger partial charge in [-0.2, -0.15) is 0 Å². The van der Waals surface area contributed by atoms with Gasteiger partial charge in [-0.1, -0.05) is 35.9 Å². The molecule has 0 spiro atoms. The number of para-hydroxylation sites is 2. The van der Waals surface area contributed by atoms with Crippen LogP contribution in [0.15, 0.2) is 58.5 Å². The predicted octanol–water partition coefficient (Wildman–Crippen LogP) is 4.58. The van der Waals surface area contributed by atoms with Crippen LogP contribution < -0.4 is 10.6 Å². The third-order valence-electron chi connectivity index (χ3n) is 3.89. The van der Waals surface area contributed by atoms with E-state index in [0.29, 0.717) is 17.4 Å². The molecule has 6 heteroatoms. The Balaban J connectivity index is 2.09. The van der Waals surface area contributed by atoms with Crippen LogP contribution in [0.1, 0.15) is 25.3 Å². The number of rotatable bonds is 2. The van der Waals surface area contributed by atoms with Gasteiger partial charge in [-0.25, -0.2) is 9.79 Å². The molecule has 128 valence electrons. The quantitative estimate of drug-likeness (QED) is 0.814. The van der Waals surface area contributed by atoms with Gasteiger partial charge in [-0.15, -0.1) is 0 Å². The smallest absolute Gasteiger partial charge is 0.320 e. The van der Waals surface area contributed by atoms with E-state index in [9.17, 15) is 4.79 Å². The Morgan fingerprint density at radius 1 is 1.08 bits per heavy atom. The standard InChI is InChI=1S/C19H19ClN4O/c1-3-21-19(25)24-18-17(13-8-10-14(20)11-9-13)12(2)22-15-6-4-5-7-16(15)23-18/h4-11,17H,3H2,1-2H3,(H2,21,23,24,25)/t17-/m0/s1. The maximum Gasteiger partial charge on any atom is 0.320 e. The van der Waals surface area contributed by atoms with Gasteiger partial charge >= 0.3 is 6.03 Å². The molecule has 2 amide bonds. The fourth-order valence-electron chi connectivity index (χ4n) is 2.78. The van der Waals surface area contributed by atoms with Crippen molar-refractivity contribution < 1.29 is 4.79 Å². The molecule has 0 aliphatic carbocycles. The third-order valence-corrected chi connectivity index (χ3v) is 4.14. The molecule has 1 heterocycles. The highest BCUT2D eigenvalue weighted by Gasteiger charge is 2.26. The Morgan fingerprint density at radius 2 is 1.72 bits per heavy atom. The molecular weight excluding hydrogens is 336 g/mol. The first kappa shape index (κ1) is 17.2. The first-order valence-corrected chi connectivity index (χ1v) is 8.49. The lowest BCUT2D eigenvalue weighted by Crippen LogP contribution is -2.43. The maximum atomic E-state index is 12.1. The molecule has 0 bridgehead atoms. The molecule has 2 aromatic rings. The van der Waals surface area contributed by atoms with Gasteiger partial charge in [0.1, 0.15) is 5.84 Å². The van der Waals surface area contributed by atoms with Crippen LogP contribution in [0.25, 0.3) is 0 Å². The van der Waals surface area contributed by atoms with Gasteiger partial charge < -0.3 is 5.32 Å². The second-order valence-corrected chi connectivity index (χ2v) is 6.14. The summed E-state index contributed by atoms with van der Waals surface area (Å²) in [6.07, 6.45) is 0. The molecule has 0 fully saturated rings. The number of hydrogen-bond donors (Lipinski definition) is 2. The summed E-state index contributed by atoms with van der Waals surface area (Å²) < 4.78 is 0. The summed E-state index contributed by atoms with van der Waals surface area (Å²) in [4.78, 5) is 21.5. The Labute approximate surface area is 151 Å². The van der Waals surface area contributed by atoms with Gasteiger partial charge in [0.15, 0.2) is 0 Å². The fourth-order valence-corrected chi connectivity index (χ4v) is 2.90. The van der Waals surface area contributed by atoms with Gasteiger partial charge in [0, 0.05) is 17.3 Å². The number of amides is 2. The van der Waals surface area contributed by atoms with Gasteiger partial charge in [-0.3, -0.25) is 10.3 Å². The zero-order valence-electron chi connectivity index (χ0n) is 14.1. The van der Waals surface area contributed by atoms with E-state index in [0.717, 1.165) is 22.6 Å². The average molecular weight is 355 g/mol. The minimum atomic E-state index is -0.285. The molecule has 2 N–H and O–H groups in total. The summed E-state index contributed by atoms with van der Waals surface area (Å²) in [6.45, 7) is 4.35. The Kier molecular flexibility index (Phi) is 5.14. The largest absolute Gasteiger partial charge is 0.338 e. The Morgan fingerprint density at radius 3 is 2.36 bits per heavy atom. The molecule has 2 aromatic carbocycles. The van der Waals surface area contributed by atoms with Crippen molar-refractivity contribution in [3.63, 3.8) is 0 Å². The van der Waals surface area contributed by atoms with Crippen LogP contribution in [0.2, 0.25) is 5.02 Å². The van der Waals surface area contributed by atoms with E-state index in [2.05, 4.69) is 15.6 Å². The van der Waals surface area contributed by atoms with Crippen LogP contribution in [0.4, 0.5) is 16.2 Å². The number of urea groups is 1. The molecule has 0 saturated heterocycles. The number of fused-ring (bicyclic) bond motifs is 1. The highest BCUT2D eigenvalue weighted by Crippen LogP contribution is 2.34. The number of hydrogen-bond acceptors (Lipinski definition) is 3. The number of amidine groups is 1. The minimum Gasteiger partial charge on any atom is -0.338 e. The highest BCUT2D eigenvalue weighted by atomic mass is 35.5. The van der Waals surface area contributed by atoms with Crippen molar-refractivity contribution in [3.8, 4) is 0 Å². The Hall–Kier alpha value is -2.66. The van der Waals surface area contributed by atoms with Crippen molar-refractivity contribution in [2.45, 2.75) is 19.8 Å². The molecular formula is C19H19ClN4O. The van der Waals surface area contributed by atoms with E-state index in [1.54, 1.807) is 0 Å². The molecule has 25 heavy (non-hydrogen) atoms. The van der Waals surface area contributed by atoms with Crippen LogP contribution in [-0.4, -0.2) is 24.1 Å².